The van der Waals surface area contributed by atoms with E-state index in [4.69, 9.17) is 16.6 Å². The molecule has 3 aromatic carbocycles. The van der Waals surface area contributed by atoms with Gasteiger partial charge in [0.05, 0.1) is 27.7 Å². The number of hydrogen-bond donors (Lipinski definition) is 0. The van der Waals surface area contributed by atoms with E-state index in [0.29, 0.717) is 39.5 Å². The normalized spacial score (nSPS) is 12.5. The van der Waals surface area contributed by atoms with Crippen LogP contribution in [0, 0.1) is 0 Å². The predicted octanol–water partition coefficient (Wildman–Crippen LogP) is 6.56. The van der Waals surface area contributed by atoms with E-state index in [9.17, 15) is 9.59 Å². The third kappa shape index (κ3) is 4.73. The van der Waals surface area contributed by atoms with Crippen molar-refractivity contribution in [2.24, 2.45) is 0 Å². The van der Waals surface area contributed by atoms with Crippen LogP contribution in [0.2, 0.25) is 5.02 Å². The largest absolute Gasteiger partial charge is 0.329 e. The minimum atomic E-state index is -0.483. The minimum Gasteiger partial charge on any atom is -0.329 e. The van der Waals surface area contributed by atoms with Crippen molar-refractivity contribution in [3.8, 4) is 5.69 Å². The Morgan fingerprint density at radius 1 is 1.00 bits per heavy atom. The average molecular weight is 488 g/mol. The summed E-state index contributed by atoms with van der Waals surface area (Å²) in [5.74, 6) is 0.344. The van der Waals surface area contributed by atoms with Gasteiger partial charge in [-0.3, -0.25) is 14.2 Å². The SMILES string of the molecule is CCN(C(=O)c1ccc(C(C)(C)C)cc1)C(C)c1nc2ccccc2c(=O)n1-c1ccccc1Cl. The molecule has 5 nitrogen and oxygen atoms in total. The van der Waals surface area contributed by atoms with Gasteiger partial charge in [-0.25, -0.2) is 4.98 Å². The van der Waals surface area contributed by atoms with Crippen LogP contribution in [0.5, 0.6) is 0 Å². The number of halogens is 1. The van der Waals surface area contributed by atoms with Gasteiger partial charge in [-0.15, -0.1) is 0 Å². The van der Waals surface area contributed by atoms with Crippen LogP contribution in [-0.4, -0.2) is 26.9 Å². The third-order valence-electron chi connectivity index (χ3n) is 6.34. The first-order valence-corrected chi connectivity index (χ1v) is 12.2. The van der Waals surface area contributed by atoms with Gasteiger partial charge in [-0.05, 0) is 61.2 Å². The van der Waals surface area contributed by atoms with Gasteiger partial charge in [-0.2, -0.15) is 0 Å². The number of amides is 1. The molecule has 1 heterocycles. The van der Waals surface area contributed by atoms with E-state index in [-0.39, 0.29) is 16.9 Å². The molecule has 0 bridgehead atoms. The maximum atomic E-state index is 13.6. The summed E-state index contributed by atoms with van der Waals surface area (Å²) in [5.41, 5.74) is 2.66. The van der Waals surface area contributed by atoms with Crippen LogP contribution in [0.15, 0.2) is 77.6 Å². The zero-order valence-electron chi connectivity index (χ0n) is 20.7. The summed E-state index contributed by atoms with van der Waals surface area (Å²) in [6, 6.07) is 21.7. The van der Waals surface area contributed by atoms with E-state index in [1.54, 1.807) is 23.1 Å². The molecule has 0 saturated heterocycles. The van der Waals surface area contributed by atoms with Gasteiger partial charge in [0, 0.05) is 12.1 Å². The molecule has 0 fully saturated rings. The highest BCUT2D eigenvalue weighted by Crippen LogP contribution is 2.28. The van der Waals surface area contributed by atoms with Gasteiger partial charge in [0.1, 0.15) is 5.82 Å². The molecule has 180 valence electrons. The molecule has 0 aliphatic carbocycles. The van der Waals surface area contributed by atoms with Crippen molar-refractivity contribution in [3.05, 3.63) is 105 Å². The molecule has 0 aliphatic heterocycles. The fraction of sp³-hybridized carbons (Fsp3) is 0.276. The molecule has 0 spiro atoms. The first-order valence-electron chi connectivity index (χ1n) is 11.8. The summed E-state index contributed by atoms with van der Waals surface area (Å²) < 4.78 is 1.54. The number of nitrogens with zero attached hydrogens (tertiary/aromatic N) is 3. The standard InChI is InChI=1S/C29H30ClN3O2/c1-6-32(27(34)20-15-17-21(18-16-20)29(3,4)5)19(2)26-31-24-13-9-7-11-22(24)28(35)33(26)25-14-10-8-12-23(25)30/h7-19H,6H2,1-5H3. The van der Waals surface area contributed by atoms with Gasteiger partial charge in [0.25, 0.3) is 11.5 Å². The van der Waals surface area contributed by atoms with Gasteiger partial charge in [0.2, 0.25) is 0 Å². The number of carbonyl (C=O) groups is 1. The van der Waals surface area contributed by atoms with Gasteiger partial charge < -0.3 is 4.90 Å². The molecular weight excluding hydrogens is 458 g/mol. The molecule has 0 N–H and O–H groups in total. The predicted molar refractivity (Wildman–Crippen MR) is 143 cm³/mol. The Morgan fingerprint density at radius 3 is 2.26 bits per heavy atom. The monoisotopic (exact) mass is 487 g/mol. The molecule has 1 aromatic heterocycles. The van der Waals surface area contributed by atoms with Gasteiger partial charge >= 0.3 is 0 Å². The maximum absolute atomic E-state index is 13.6. The van der Waals surface area contributed by atoms with E-state index in [1.807, 2.05) is 68.4 Å². The Morgan fingerprint density at radius 2 is 1.63 bits per heavy atom. The number of fused-ring (bicyclic) bond motifs is 1. The fourth-order valence-corrected chi connectivity index (χ4v) is 4.53. The second kappa shape index (κ2) is 9.67. The van der Waals surface area contributed by atoms with E-state index in [1.165, 1.54) is 4.57 Å². The Hall–Kier alpha value is -3.44. The molecule has 0 radical (unpaired) electrons. The van der Waals surface area contributed by atoms with Crippen LogP contribution in [-0.2, 0) is 5.41 Å². The zero-order chi connectivity index (χ0) is 25.3. The quantitative estimate of drug-likeness (QED) is 0.320. The number of rotatable bonds is 5. The van der Waals surface area contributed by atoms with Crippen LogP contribution in [0.25, 0.3) is 16.6 Å². The van der Waals surface area contributed by atoms with Crippen LogP contribution in [0.4, 0.5) is 0 Å². The summed E-state index contributed by atoms with van der Waals surface area (Å²) >= 11 is 6.51. The zero-order valence-corrected chi connectivity index (χ0v) is 21.5. The van der Waals surface area contributed by atoms with Crippen LogP contribution < -0.4 is 5.56 Å². The van der Waals surface area contributed by atoms with Gasteiger partial charge in [0.15, 0.2) is 0 Å². The van der Waals surface area contributed by atoms with E-state index >= 15 is 0 Å². The molecular formula is C29H30ClN3O2. The first-order chi connectivity index (χ1) is 16.6. The molecule has 6 heteroatoms. The van der Waals surface area contributed by atoms with Crippen molar-refractivity contribution < 1.29 is 4.79 Å². The Balaban J connectivity index is 1.84. The number of hydrogen-bond acceptors (Lipinski definition) is 3. The fourth-order valence-electron chi connectivity index (χ4n) is 4.31. The van der Waals surface area contributed by atoms with Crippen molar-refractivity contribution in [1.29, 1.82) is 0 Å². The van der Waals surface area contributed by atoms with E-state index in [0.717, 1.165) is 5.56 Å². The maximum Gasteiger partial charge on any atom is 0.266 e. The minimum absolute atomic E-state index is 0.000647. The van der Waals surface area contributed by atoms with Crippen molar-refractivity contribution in [3.63, 3.8) is 0 Å². The molecule has 35 heavy (non-hydrogen) atoms. The lowest BCUT2D eigenvalue weighted by Gasteiger charge is -2.30. The number of para-hydroxylation sites is 2. The number of carbonyl (C=O) groups excluding carboxylic acids is 1. The Bertz CT molecular complexity index is 1440. The molecule has 0 saturated carbocycles. The van der Waals surface area contributed by atoms with Crippen LogP contribution in [0.3, 0.4) is 0 Å². The highest BCUT2D eigenvalue weighted by atomic mass is 35.5. The van der Waals surface area contributed by atoms with Gasteiger partial charge in [-0.1, -0.05) is 68.8 Å². The average Bonchev–Trinajstić information content (AvgIpc) is 2.84. The Kier molecular flexibility index (Phi) is 6.82. The summed E-state index contributed by atoms with van der Waals surface area (Å²) in [6.45, 7) is 10.7. The lowest BCUT2D eigenvalue weighted by atomic mass is 9.86. The molecule has 1 amide bonds. The summed E-state index contributed by atoms with van der Waals surface area (Å²) in [5, 5.41) is 0.933. The smallest absolute Gasteiger partial charge is 0.266 e. The molecule has 0 aliphatic rings. The first kappa shape index (κ1) is 24.7. The highest BCUT2D eigenvalue weighted by molar-refractivity contribution is 6.32. The van der Waals surface area contributed by atoms with E-state index in [2.05, 4.69) is 20.8 Å². The van der Waals surface area contributed by atoms with Crippen LogP contribution in [0.1, 0.15) is 62.4 Å². The second-order valence-corrected chi connectivity index (χ2v) is 10.1. The second-order valence-electron chi connectivity index (χ2n) is 9.67. The molecule has 4 rings (SSSR count). The van der Waals surface area contributed by atoms with Crippen molar-refractivity contribution >= 4 is 28.4 Å². The highest BCUT2D eigenvalue weighted by Gasteiger charge is 2.27. The third-order valence-corrected chi connectivity index (χ3v) is 6.66. The Labute approximate surface area is 211 Å². The number of benzene rings is 3. The lowest BCUT2D eigenvalue weighted by molar-refractivity contribution is 0.0693. The lowest BCUT2D eigenvalue weighted by Crippen LogP contribution is -2.37. The summed E-state index contributed by atoms with van der Waals surface area (Å²) in [7, 11) is 0. The van der Waals surface area contributed by atoms with Crippen molar-refractivity contribution in [2.75, 3.05) is 6.54 Å². The molecule has 4 aromatic rings. The topological polar surface area (TPSA) is 55.2 Å². The van der Waals surface area contributed by atoms with Crippen molar-refractivity contribution in [2.45, 2.75) is 46.1 Å². The summed E-state index contributed by atoms with van der Waals surface area (Å²) in [6.07, 6.45) is 0. The molecule has 1 atom stereocenters. The van der Waals surface area contributed by atoms with Crippen molar-refractivity contribution in [1.82, 2.24) is 14.5 Å². The van der Waals surface area contributed by atoms with Crippen LogP contribution >= 0.6 is 11.6 Å². The summed E-state index contributed by atoms with van der Waals surface area (Å²) in [4.78, 5) is 33.8. The number of aromatic nitrogens is 2. The van der Waals surface area contributed by atoms with E-state index < -0.39 is 6.04 Å². The molecule has 1 unspecified atom stereocenters.